The second-order valence-corrected chi connectivity index (χ2v) is 8.48. The fraction of sp³-hybridized carbons (Fsp3) is 0.350. The van der Waals surface area contributed by atoms with Gasteiger partial charge in [-0.15, -0.1) is 11.3 Å². The number of aromatic nitrogens is 3. The van der Waals surface area contributed by atoms with E-state index in [4.69, 9.17) is 10.8 Å². The normalized spacial score (nSPS) is 11.6. The average molecular weight is 384 g/mol. The lowest BCUT2D eigenvalue weighted by atomic mass is 9.92. The number of thiazole rings is 1. The van der Waals surface area contributed by atoms with E-state index in [0.29, 0.717) is 24.5 Å². The van der Waals surface area contributed by atoms with Crippen molar-refractivity contribution in [3.05, 3.63) is 57.7 Å². The van der Waals surface area contributed by atoms with E-state index in [2.05, 4.69) is 31.1 Å². The first-order chi connectivity index (χ1) is 12.8. The molecule has 0 aliphatic carbocycles. The lowest BCUT2D eigenvalue weighted by Gasteiger charge is -2.14. The molecule has 0 atom stereocenters. The van der Waals surface area contributed by atoms with Gasteiger partial charge >= 0.3 is 0 Å². The average Bonchev–Trinajstić information content (AvgIpc) is 3.22. The van der Waals surface area contributed by atoms with E-state index in [1.54, 1.807) is 10.1 Å². The number of amides is 1. The molecule has 1 aromatic carbocycles. The van der Waals surface area contributed by atoms with Gasteiger partial charge in [0.25, 0.3) is 5.91 Å². The van der Waals surface area contributed by atoms with E-state index in [1.165, 1.54) is 11.3 Å². The molecule has 0 saturated heterocycles. The summed E-state index contributed by atoms with van der Waals surface area (Å²) >= 11 is 1.45. The minimum atomic E-state index is -0.246. The van der Waals surface area contributed by atoms with Gasteiger partial charge in [-0.25, -0.2) is 9.67 Å². The first kappa shape index (κ1) is 19.3. The number of hydrogen-bond acceptors (Lipinski definition) is 5. The van der Waals surface area contributed by atoms with Crippen molar-refractivity contribution in [3.63, 3.8) is 0 Å². The molecule has 3 rings (SSSR count). The zero-order valence-electron chi connectivity index (χ0n) is 16.1. The van der Waals surface area contributed by atoms with Gasteiger partial charge in [0.2, 0.25) is 0 Å². The molecule has 2 aromatic heterocycles. The highest BCUT2D eigenvalue weighted by Gasteiger charge is 2.22. The number of carbonyl (C=O) groups excluding carboxylic acids is 1. The minimum absolute atomic E-state index is 0.135. The topological polar surface area (TPSA) is 85.8 Å². The van der Waals surface area contributed by atoms with Gasteiger partial charge in [0.05, 0.1) is 16.4 Å². The van der Waals surface area contributed by atoms with E-state index in [1.807, 2.05) is 37.3 Å². The molecule has 0 aliphatic heterocycles. The molecule has 0 radical (unpaired) electrons. The van der Waals surface area contributed by atoms with Gasteiger partial charge in [0, 0.05) is 23.3 Å². The molecule has 1 amide bonds. The van der Waals surface area contributed by atoms with Gasteiger partial charge in [-0.2, -0.15) is 5.10 Å². The van der Waals surface area contributed by atoms with Crippen LogP contribution in [0.4, 0.5) is 5.82 Å². The monoisotopic (exact) mass is 383 g/mol. The third-order valence-corrected chi connectivity index (χ3v) is 5.02. The van der Waals surface area contributed by atoms with Crippen LogP contribution in [0.2, 0.25) is 0 Å². The summed E-state index contributed by atoms with van der Waals surface area (Å²) in [5.41, 5.74) is 8.77. The number of nitrogens with one attached hydrogen (secondary N) is 1. The Kier molecular flexibility index (Phi) is 5.43. The highest BCUT2D eigenvalue weighted by Crippen LogP contribution is 2.27. The first-order valence-corrected chi connectivity index (χ1v) is 9.79. The Hall–Kier alpha value is -2.51. The van der Waals surface area contributed by atoms with Gasteiger partial charge < -0.3 is 11.1 Å². The summed E-state index contributed by atoms with van der Waals surface area (Å²) in [4.78, 5) is 17.1. The Labute approximate surface area is 163 Å². The number of nitrogens with zero attached hydrogens (tertiary/aromatic N) is 3. The third-order valence-electron chi connectivity index (χ3n) is 4.11. The number of nitrogens with two attached hydrogens (primary N) is 1. The van der Waals surface area contributed by atoms with E-state index in [9.17, 15) is 4.79 Å². The molecule has 0 spiro atoms. The molecule has 6 nitrogen and oxygen atoms in total. The van der Waals surface area contributed by atoms with Crippen molar-refractivity contribution in [1.29, 1.82) is 0 Å². The van der Waals surface area contributed by atoms with Crippen LogP contribution in [0.25, 0.3) is 5.69 Å². The summed E-state index contributed by atoms with van der Waals surface area (Å²) in [6.45, 7) is 8.84. The summed E-state index contributed by atoms with van der Waals surface area (Å²) in [6, 6.07) is 9.95. The molecule has 0 unspecified atom stereocenters. The summed E-state index contributed by atoms with van der Waals surface area (Å²) in [5, 5.41) is 10.3. The number of anilines is 1. The van der Waals surface area contributed by atoms with Gasteiger partial charge in [0.15, 0.2) is 0 Å². The van der Waals surface area contributed by atoms with E-state index in [0.717, 1.165) is 22.0 Å². The molecular formula is C20H25N5OS. The van der Waals surface area contributed by atoms with E-state index < -0.39 is 0 Å². The number of rotatable bonds is 5. The molecule has 27 heavy (non-hydrogen) atoms. The molecule has 2 heterocycles. The van der Waals surface area contributed by atoms with Crippen molar-refractivity contribution < 1.29 is 4.79 Å². The lowest BCUT2D eigenvalue weighted by molar-refractivity contribution is 0.102. The highest BCUT2D eigenvalue weighted by molar-refractivity contribution is 7.09. The Balaban J connectivity index is 1.95. The maximum absolute atomic E-state index is 12.7. The lowest BCUT2D eigenvalue weighted by Crippen LogP contribution is -2.16. The second kappa shape index (κ2) is 7.62. The smallest absolute Gasteiger partial charge is 0.276 e. The molecule has 3 aromatic rings. The number of hydrogen-bond donors (Lipinski definition) is 2. The van der Waals surface area contributed by atoms with Crippen LogP contribution in [0, 0.1) is 6.92 Å². The van der Waals surface area contributed by atoms with Gasteiger partial charge in [-0.05, 0) is 31.2 Å². The Bertz CT molecular complexity index is 951. The standard InChI is InChI=1S/C20H25N5OS/c1-13-6-5-7-14(10-13)25-17(11-16(24-25)20(2,3)4)23-19(26)15-12-27-18(22-15)8-9-21/h5-7,10-12H,8-9,21H2,1-4H3,(H,23,26). The van der Waals surface area contributed by atoms with Crippen LogP contribution in [0.1, 0.15) is 47.5 Å². The summed E-state index contributed by atoms with van der Waals surface area (Å²) < 4.78 is 1.78. The molecule has 142 valence electrons. The number of aryl methyl sites for hydroxylation is 1. The molecule has 0 bridgehead atoms. The summed E-state index contributed by atoms with van der Waals surface area (Å²) in [7, 11) is 0. The zero-order chi connectivity index (χ0) is 19.6. The minimum Gasteiger partial charge on any atom is -0.330 e. The molecule has 3 N–H and O–H groups in total. The van der Waals surface area contributed by atoms with Crippen LogP contribution < -0.4 is 11.1 Å². The van der Waals surface area contributed by atoms with Crippen molar-refractivity contribution in [1.82, 2.24) is 14.8 Å². The Morgan fingerprint density at radius 3 is 2.74 bits per heavy atom. The Morgan fingerprint density at radius 1 is 1.30 bits per heavy atom. The third kappa shape index (κ3) is 4.43. The maximum Gasteiger partial charge on any atom is 0.276 e. The molecule has 0 fully saturated rings. The van der Waals surface area contributed by atoms with Crippen LogP contribution in [0.15, 0.2) is 35.7 Å². The van der Waals surface area contributed by atoms with E-state index in [-0.39, 0.29) is 11.3 Å². The SMILES string of the molecule is Cc1cccc(-n2nc(C(C)(C)C)cc2NC(=O)c2csc(CCN)n2)c1. The van der Waals surface area contributed by atoms with Crippen molar-refractivity contribution in [2.24, 2.45) is 5.73 Å². The second-order valence-electron chi connectivity index (χ2n) is 7.53. The highest BCUT2D eigenvalue weighted by atomic mass is 32.1. The largest absolute Gasteiger partial charge is 0.330 e. The Morgan fingerprint density at radius 2 is 2.07 bits per heavy atom. The van der Waals surface area contributed by atoms with Crippen LogP contribution in [-0.2, 0) is 11.8 Å². The van der Waals surface area contributed by atoms with Crippen LogP contribution in [0.3, 0.4) is 0 Å². The molecule has 7 heteroatoms. The van der Waals surface area contributed by atoms with Crippen LogP contribution >= 0.6 is 11.3 Å². The first-order valence-electron chi connectivity index (χ1n) is 8.91. The molecule has 0 aliphatic rings. The van der Waals surface area contributed by atoms with Gasteiger partial charge in [-0.3, -0.25) is 4.79 Å². The fourth-order valence-corrected chi connectivity index (χ4v) is 3.42. The van der Waals surface area contributed by atoms with Crippen molar-refractivity contribution in [2.45, 2.75) is 39.5 Å². The van der Waals surface area contributed by atoms with Crippen molar-refractivity contribution >= 4 is 23.1 Å². The number of benzene rings is 1. The maximum atomic E-state index is 12.7. The molecular weight excluding hydrogens is 358 g/mol. The van der Waals surface area contributed by atoms with Crippen LogP contribution in [-0.4, -0.2) is 27.2 Å². The van der Waals surface area contributed by atoms with Gasteiger partial charge in [0.1, 0.15) is 11.5 Å². The van der Waals surface area contributed by atoms with Gasteiger partial charge in [-0.1, -0.05) is 32.9 Å². The van der Waals surface area contributed by atoms with Crippen molar-refractivity contribution in [3.8, 4) is 5.69 Å². The summed E-state index contributed by atoms with van der Waals surface area (Å²) in [5.74, 6) is 0.382. The van der Waals surface area contributed by atoms with Crippen molar-refractivity contribution in [2.75, 3.05) is 11.9 Å². The summed E-state index contributed by atoms with van der Waals surface area (Å²) in [6.07, 6.45) is 0.674. The molecule has 0 saturated carbocycles. The quantitative estimate of drug-likeness (QED) is 0.704. The van der Waals surface area contributed by atoms with Crippen LogP contribution in [0.5, 0.6) is 0 Å². The van der Waals surface area contributed by atoms with E-state index >= 15 is 0 Å². The predicted molar refractivity (Wildman–Crippen MR) is 110 cm³/mol. The predicted octanol–water partition coefficient (Wildman–Crippen LogP) is 3.69. The number of carbonyl (C=O) groups is 1. The fourth-order valence-electron chi connectivity index (χ4n) is 2.63. The zero-order valence-corrected chi connectivity index (χ0v) is 16.9.